The van der Waals surface area contributed by atoms with Crippen molar-refractivity contribution >= 4 is 10.0 Å². The molecule has 0 amide bonds. The molecule has 108 valence electrons. The first kappa shape index (κ1) is 12.6. The summed E-state index contributed by atoms with van der Waals surface area (Å²) in [6.07, 6.45) is 11.4. The summed E-state index contributed by atoms with van der Waals surface area (Å²) in [5, 5.41) is -0.0968. The molecule has 0 aromatic rings. The molecule has 0 saturated heterocycles. The van der Waals surface area contributed by atoms with Crippen LogP contribution in [0.3, 0.4) is 0 Å². The predicted molar refractivity (Wildman–Crippen MR) is 75.2 cm³/mol. The van der Waals surface area contributed by atoms with E-state index >= 15 is 0 Å². The monoisotopic (exact) mass is 283 g/mol. The summed E-state index contributed by atoms with van der Waals surface area (Å²) in [5.41, 5.74) is -0.0455. The molecular weight excluding hydrogens is 258 g/mol. The van der Waals surface area contributed by atoms with Gasteiger partial charge in [-0.15, -0.1) is 0 Å². The van der Waals surface area contributed by atoms with Gasteiger partial charge in [0.25, 0.3) is 0 Å². The maximum absolute atomic E-state index is 12.6. The number of hydrogen-bond donors (Lipinski definition) is 1. The van der Waals surface area contributed by atoms with Crippen molar-refractivity contribution in [2.24, 2.45) is 17.8 Å². The highest BCUT2D eigenvalue weighted by molar-refractivity contribution is 7.90. The van der Waals surface area contributed by atoms with E-state index in [0.29, 0.717) is 0 Å². The van der Waals surface area contributed by atoms with Crippen LogP contribution >= 0.6 is 0 Å². The average Bonchev–Trinajstić information content (AvgIpc) is 2.78. The lowest BCUT2D eigenvalue weighted by Crippen LogP contribution is -2.60. The molecule has 5 aliphatic rings. The van der Waals surface area contributed by atoms with Crippen LogP contribution in [0.1, 0.15) is 64.2 Å². The van der Waals surface area contributed by atoms with Crippen LogP contribution in [0.25, 0.3) is 0 Å². The smallest absolute Gasteiger partial charge is 0.212 e. The molecule has 0 aromatic heterocycles. The van der Waals surface area contributed by atoms with E-state index in [4.69, 9.17) is 0 Å². The third-order valence-electron chi connectivity index (χ3n) is 6.14. The zero-order valence-corrected chi connectivity index (χ0v) is 12.4. The van der Waals surface area contributed by atoms with Crippen LogP contribution in [-0.2, 0) is 10.0 Å². The molecule has 5 saturated carbocycles. The summed E-state index contributed by atoms with van der Waals surface area (Å²) in [4.78, 5) is 0. The third kappa shape index (κ3) is 2.15. The van der Waals surface area contributed by atoms with E-state index in [1.54, 1.807) is 0 Å². The van der Waals surface area contributed by atoms with Crippen LogP contribution in [0.4, 0.5) is 0 Å². The summed E-state index contributed by atoms with van der Waals surface area (Å²) in [5.74, 6) is 2.41. The molecular formula is C15H25NO2S. The zero-order chi connectivity index (χ0) is 13.1. The van der Waals surface area contributed by atoms with Gasteiger partial charge in [0.05, 0.1) is 5.25 Å². The molecule has 0 aliphatic heterocycles. The fourth-order valence-corrected chi connectivity index (χ4v) is 7.79. The van der Waals surface area contributed by atoms with Crippen LogP contribution in [0.2, 0.25) is 0 Å². The van der Waals surface area contributed by atoms with Crippen molar-refractivity contribution < 1.29 is 8.42 Å². The van der Waals surface area contributed by atoms with Gasteiger partial charge >= 0.3 is 0 Å². The van der Waals surface area contributed by atoms with Crippen LogP contribution in [0.5, 0.6) is 0 Å². The van der Waals surface area contributed by atoms with Crippen molar-refractivity contribution in [2.45, 2.75) is 75.0 Å². The van der Waals surface area contributed by atoms with E-state index in [1.165, 1.54) is 19.3 Å². The van der Waals surface area contributed by atoms with E-state index in [0.717, 1.165) is 62.7 Å². The van der Waals surface area contributed by atoms with Crippen LogP contribution in [-0.4, -0.2) is 19.2 Å². The molecule has 0 atom stereocenters. The minimum absolute atomic E-state index is 0.0455. The standard InChI is InChI=1S/C15H25NO2S/c17-19(18,14-3-1-2-4-14)16-15-8-11-5-12(9-15)7-13(6-11)10-15/h11-14,16H,1-10H2. The van der Waals surface area contributed by atoms with Crippen molar-refractivity contribution in [2.75, 3.05) is 0 Å². The van der Waals surface area contributed by atoms with Crippen molar-refractivity contribution in [3.05, 3.63) is 0 Å². The fourth-order valence-electron chi connectivity index (χ4n) is 5.82. The van der Waals surface area contributed by atoms with E-state index < -0.39 is 10.0 Å². The lowest BCUT2D eigenvalue weighted by molar-refractivity contribution is -0.00822. The van der Waals surface area contributed by atoms with Gasteiger partial charge in [0.15, 0.2) is 0 Å². The quantitative estimate of drug-likeness (QED) is 0.865. The summed E-state index contributed by atoms with van der Waals surface area (Å²) < 4.78 is 28.4. The molecule has 0 spiro atoms. The second-order valence-corrected chi connectivity index (χ2v) is 9.71. The molecule has 5 rings (SSSR count). The maximum atomic E-state index is 12.6. The van der Waals surface area contributed by atoms with Gasteiger partial charge in [-0.2, -0.15) is 0 Å². The van der Waals surface area contributed by atoms with E-state index in [-0.39, 0.29) is 10.8 Å². The van der Waals surface area contributed by atoms with Gasteiger partial charge in [0, 0.05) is 5.54 Å². The Morgan fingerprint density at radius 1 is 0.842 bits per heavy atom. The highest BCUT2D eigenvalue weighted by Crippen LogP contribution is 2.56. The summed E-state index contributed by atoms with van der Waals surface area (Å²) >= 11 is 0. The minimum atomic E-state index is -3.07. The average molecular weight is 283 g/mol. The van der Waals surface area contributed by atoms with Crippen molar-refractivity contribution in [3.63, 3.8) is 0 Å². The molecule has 1 N–H and O–H groups in total. The van der Waals surface area contributed by atoms with Crippen LogP contribution < -0.4 is 4.72 Å². The Balaban J connectivity index is 1.56. The van der Waals surface area contributed by atoms with Crippen molar-refractivity contribution in [1.29, 1.82) is 0 Å². The molecule has 0 radical (unpaired) electrons. The van der Waals surface area contributed by atoms with Gasteiger partial charge in [0.2, 0.25) is 10.0 Å². The second-order valence-electron chi connectivity index (χ2n) is 7.75. The Bertz CT molecular complexity index is 429. The summed E-state index contributed by atoms with van der Waals surface area (Å²) in [6, 6.07) is 0. The van der Waals surface area contributed by atoms with Gasteiger partial charge in [0.1, 0.15) is 0 Å². The van der Waals surface area contributed by atoms with Gasteiger partial charge in [-0.25, -0.2) is 13.1 Å². The molecule has 19 heavy (non-hydrogen) atoms. The molecule has 3 nitrogen and oxygen atoms in total. The molecule has 0 aromatic carbocycles. The highest BCUT2D eigenvalue weighted by Gasteiger charge is 2.52. The predicted octanol–water partition coefficient (Wildman–Crippen LogP) is 2.82. The van der Waals surface area contributed by atoms with Gasteiger partial charge in [-0.05, 0) is 69.1 Å². The number of hydrogen-bond acceptors (Lipinski definition) is 2. The summed E-state index contributed by atoms with van der Waals surface area (Å²) in [6.45, 7) is 0. The van der Waals surface area contributed by atoms with Gasteiger partial charge in [-0.3, -0.25) is 0 Å². The van der Waals surface area contributed by atoms with Gasteiger partial charge in [-0.1, -0.05) is 12.8 Å². The van der Waals surface area contributed by atoms with Crippen molar-refractivity contribution in [3.8, 4) is 0 Å². The first-order chi connectivity index (χ1) is 9.05. The normalized spacial score (nSPS) is 46.0. The Hall–Kier alpha value is -0.0900. The topological polar surface area (TPSA) is 46.2 Å². The SMILES string of the molecule is O=S(=O)(NC12CC3CC(CC(C3)C1)C2)C1CCCC1. The van der Waals surface area contributed by atoms with E-state index in [9.17, 15) is 8.42 Å². The van der Waals surface area contributed by atoms with Gasteiger partial charge < -0.3 is 0 Å². The van der Waals surface area contributed by atoms with E-state index in [1.807, 2.05) is 0 Å². The number of rotatable bonds is 3. The molecule has 0 heterocycles. The first-order valence-corrected chi connectivity index (χ1v) is 9.62. The van der Waals surface area contributed by atoms with E-state index in [2.05, 4.69) is 4.72 Å². The van der Waals surface area contributed by atoms with Crippen LogP contribution in [0, 0.1) is 17.8 Å². The first-order valence-electron chi connectivity index (χ1n) is 8.07. The lowest BCUT2D eigenvalue weighted by Gasteiger charge is -2.56. The maximum Gasteiger partial charge on any atom is 0.214 e. The Labute approximate surface area is 116 Å². The summed E-state index contributed by atoms with van der Waals surface area (Å²) in [7, 11) is -3.07. The second kappa shape index (κ2) is 4.20. The molecule has 0 unspecified atom stereocenters. The highest BCUT2D eigenvalue weighted by atomic mass is 32.2. The Kier molecular flexibility index (Phi) is 2.79. The minimum Gasteiger partial charge on any atom is -0.212 e. The van der Waals surface area contributed by atoms with Crippen molar-refractivity contribution in [1.82, 2.24) is 4.72 Å². The molecule has 5 aliphatic carbocycles. The third-order valence-corrected chi connectivity index (χ3v) is 8.20. The Morgan fingerprint density at radius 2 is 1.32 bits per heavy atom. The number of nitrogens with one attached hydrogen (secondary N) is 1. The zero-order valence-electron chi connectivity index (χ0n) is 11.6. The number of sulfonamides is 1. The Morgan fingerprint density at radius 3 is 1.79 bits per heavy atom. The molecule has 5 fully saturated rings. The lowest BCUT2D eigenvalue weighted by atomic mass is 9.53. The molecule has 4 bridgehead atoms. The largest absolute Gasteiger partial charge is 0.214 e. The fraction of sp³-hybridized carbons (Fsp3) is 1.00. The molecule has 4 heteroatoms. The van der Waals surface area contributed by atoms with Crippen LogP contribution in [0.15, 0.2) is 0 Å².